The van der Waals surface area contributed by atoms with Crippen LogP contribution in [0.3, 0.4) is 0 Å². The van der Waals surface area contributed by atoms with Gasteiger partial charge in [-0.1, -0.05) is 13.3 Å². The van der Waals surface area contributed by atoms with Crippen LogP contribution in [0.15, 0.2) is 12.3 Å². The Hall–Kier alpha value is -1.07. The molecule has 0 aliphatic carbocycles. The van der Waals surface area contributed by atoms with Crippen molar-refractivity contribution in [2.45, 2.75) is 52.1 Å². The van der Waals surface area contributed by atoms with E-state index >= 15 is 0 Å². The Kier molecular flexibility index (Phi) is 7.02. The summed E-state index contributed by atoms with van der Waals surface area (Å²) < 4.78 is 1.88. The van der Waals surface area contributed by atoms with Gasteiger partial charge in [-0.3, -0.25) is 4.79 Å². The fraction of sp³-hybridized carbons (Fsp3) is 0.714. The summed E-state index contributed by atoms with van der Waals surface area (Å²) in [5, 5.41) is 10.6. The lowest BCUT2D eigenvalue weighted by atomic mass is 9.92. The molecule has 1 aromatic heterocycles. The smallest absolute Gasteiger partial charge is 0.228 e. The summed E-state index contributed by atoms with van der Waals surface area (Å²) in [4.78, 5) is 12.3. The number of aromatic nitrogens is 2. The van der Waals surface area contributed by atoms with Gasteiger partial charge in [0, 0.05) is 24.6 Å². The first-order valence-electron chi connectivity index (χ1n) is 7.26. The van der Waals surface area contributed by atoms with E-state index in [-0.39, 0.29) is 24.2 Å². The molecule has 0 radical (unpaired) electrons. The number of nitrogens with zero attached hydrogens (tertiary/aromatic N) is 2. The molecular formula is C14H25ClN4O. The van der Waals surface area contributed by atoms with Crippen LogP contribution in [0.25, 0.3) is 0 Å². The third kappa shape index (κ3) is 4.49. The molecule has 2 N–H and O–H groups in total. The van der Waals surface area contributed by atoms with Crippen LogP contribution in [0.1, 0.15) is 39.5 Å². The van der Waals surface area contributed by atoms with Crippen molar-refractivity contribution in [2.24, 2.45) is 5.92 Å². The maximum absolute atomic E-state index is 12.3. The largest absolute Gasteiger partial charge is 0.314 e. The first kappa shape index (κ1) is 17.0. The Balaban J connectivity index is 0.00000200. The molecule has 1 amide bonds. The predicted molar refractivity (Wildman–Crippen MR) is 83.2 cm³/mol. The number of aryl methyl sites for hydroxylation is 1. The van der Waals surface area contributed by atoms with Crippen molar-refractivity contribution in [1.82, 2.24) is 15.1 Å². The molecule has 1 aliphatic heterocycles. The summed E-state index contributed by atoms with van der Waals surface area (Å²) in [5.74, 6) is 1.07. The highest BCUT2D eigenvalue weighted by atomic mass is 35.5. The van der Waals surface area contributed by atoms with Crippen molar-refractivity contribution < 1.29 is 4.79 Å². The highest BCUT2D eigenvalue weighted by molar-refractivity contribution is 5.91. The minimum atomic E-state index is 0. The summed E-state index contributed by atoms with van der Waals surface area (Å²) in [6.07, 6.45) is 5.78. The molecular weight excluding hydrogens is 276 g/mol. The zero-order chi connectivity index (χ0) is 13.7. The number of anilines is 1. The number of unbranched alkanes of at least 4 members (excludes halogenated alkanes) is 1. The fourth-order valence-corrected chi connectivity index (χ4v) is 2.52. The van der Waals surface area contributed by atoms with Gasteiger partial charge in [0.25, 0.3) is 0 Å². The van der Waals surface area contributed by atoms with Gasteiger partial charge in [-0.15, -0.1) is 12.4 Å². The van der Waals surface area contributed by atoms with Crippen molar-refractivity contribution >= 4 is 24.1 Å². The SMILES string of the molecule is CCCCn1nccc1NC(=O)[C@H]1CCN[C@@H](C)C1.Cl. The molecule has 0 saturated carbocycles. The van der Waals surface area contributed by atoms with Crippen molar-refractivity contribution in [3.8, 4) is 0 Å². The van der Waals surface area contributed by atoms with E-state index in [1.807, 2.05) is 10.7 Å². The average molecular weight is 301 g/mol. The quantitative estimate of drug-likeness (QED) is 0.878. The summed E-state index contributed by atoms with van der Waals surface area (Å²) in [5.41, 5.74) is 0. The van der Waals surface area contributed by atoms with Crippen LogP contribution in [-0.2, 0) is 11.3 Å². The van der Waals surface area contributed by atoms with Gasteiger partial charge in [-0.25, -0.2) is 4.68 Å². The van der Waals surface area contributed by atoms with E-state index < -0.39 is 0 Å². The number of nitrogens with one attached hydrogen (secondary N) is 2. The van der Waals surface area contributed by atoms with E-state index in [2.05, 4.69) is 29.6 Å². The van der Waals surface area contributed by atoms with Crippen LogP contribution < -0.4 is 10.6 Å². The van der Waals surface area contributed by atoms with Crippen LogP contribution in [-0.4, -0.2) is 28.3 Å². The summed E-state index contributed by atoms with van der Waals surface area (Å²) >= 11 is 0. The van der Waals surface area contributed by atoms with Crippen molar-refractivity contribution in [3.05, 3.63) is 12.3 Å². The van der Waals surface area contributed by atoms with E-state index in [9.17, 15) is 4.79 Å². The lowest BCUT2D eigenvalue weighted by Gasteiger charge is -2.27. The van der Waals surface area contributed by atoms with Gasteiger partial charge in [0.05, 0.1) is 6.20 Å². The van der Waals surface area contributed by atoms with Gasteiger partial charge in [0.2, 0.25) is 5.91 Å². The van der Waals surface area contributed by atoms with E-state index in [4.69, 9.17) is 0 Å². The molecule has 0 unspecified atom stereocenters. The second-order valence-corrected chi connectivity index (χ2v) is 5.36. The Labute approximate surface area is 126 Å². The molecule has 0 bridgehead atoms. The first-order valence-corrected chi connectivity index (χ1v) is 7.26. The maximum atomic E-state index is 12.3. The Morgan fingerprint density at radius 1 is 1.60 bits per heavy atom. The molecule has 1 saturated heterocycles. The molecule has 2 heterocycles. The Morgan fingerprint density at radius 3 is 3.10 bits per heavy atom. The maximum Gasteiger partial charge on any atom is 0.228 e. The molecule has 20 heavy (non-hydrogen) atoms. The molecule has 1 fully saturated rings. The molecule has 0 aromatic carbocycles. The number of rotatable bonds is 5. The molecule has 114 valence electrons. The van der Waals surface area contributed by atoms with E-state index in [0.29, 0.717) is 6.04 Å². The lowest BCUT2D eigenvalue weighted by molar-refractivity contribution is -0.120. The number of amides is 1. The zero-order valence-corrected chi connectivity index (χ0v) is 13.1. The molecule has 1 aromatic rings. The molecule has 2 atom stereocenters. The topological polar surface area (TPSA) is 59.0 Å². The monoisotopic (exact) mass is 300 g/mol. The second-order valence-electron chi connectivity index (χ2n) is 5.36. The minimum Gasteiger partial charge on any atom is -0.314 e. The Bertz CT molecular complexity index is 421. The Morgan fingerprint density at radius 2 is 2.40 bits per heavy atom. The number of hydrogen-bond acceptors (Lipinski definition) is 3. The number of piperidine rings is 1. The minimum absolute atomic E-state index is 0. The van der Waals surface area contributed by atoms with Crippen LogP contribution >= 0.6 is 12.4 Å². The molecule has 6 heteroatoms. The van der Waals surface area contributed by atoms with Gasteiger partial charge < -0.3 is 10.6 Å². The average Bonchev–Trinajstić information content (AvgIpc) is 2.83. The van der Waals surface area contributed by atoms with Crippen LogP contribution in [0.5, 0.6) is 0 Å². The molecule has 2 rings (SSSR count). The van der Waals surface area contributed by atoms with Gasteiger partial charge in [0.1, 0.15) is 5.82 Å². The van der Waals surface area contributed by atoms with Gasteiger partial charge >= 0.3 is 0 Å². The zero-order valence-electron chi connectivity index (χ0n) is 12.3. The summed E-state index contributed by atoms with van der Waals surface area (Å²) in [6, 6.07) is 2.30. The van der Waals surface area contributed by atoms with Gasteiger partial charge in [0.15, 0.2) is 0 Å². The molecule has 0 spiro atoms. The first-order chi connectivity index (χ1) is 9.20. The standard InChI is InChI=1S/C14H24N4O.ClH/c1-3-4-9-18-13(6-8-16-18)17-14(19)12-5-7-15-11(2)10-12;/h6,8,11-12,15H,3-5,7,9-10H2,1-2H3,(H,17,19);1H/t11-,12-;/m0./s1. The fourth-order valence-electron chi connectivity index (χ4n) is 2.52. The highest BCUT2D eigenvalue weighted by Gasteiger charge is 2.25. The highest BCUT2D eigenvalue weighted by Crippen LogP contribution is 2.18. The van der Waals surface area contributed by atoms with Crippen LogP contribution in [0, 0.1) is 5.92 Å². The summed E-state index contributed by atoms with van der Waals surface area (Å²) in [6.45, 7) is 6.07. The van der Waals surface area contributed by atoms with Gasteiger partial charge in [-0.2, -0.15) is 5.10 Å². The number of halogens is 1. The lowest BCUT2D eigenvalue weighted by Crippen LogP contribution is -2.40. The molecule has 5 nitrogen and oxygen atoms in total. The number of carbonyl (C=O) groups is 1. The number of carbonyl (C=O) groups excluding carboxylic acids is 1. The van der Waals surface area contributed by atoms with Crippen molar-refractivity contribution in [1.29, 1.82) is 0 Å². The third-order valence-electron chi connectivity index (χ3n) is 3.69. The normalized spacial score (nSPS) is 22.1. The molecule has 1 aliphatic rings. The van der Waals surface area contributed by atoms with Crippen LogP contribution in [0.2, 0.25) is 0 Å². The van der Waals surface area contributed by atoms with E-state index in [1.165, 1.54) is 0 Å². The summed E-state index contributed by atoms with van der Waals surface area (Å²) in [7, 11) is 0. The number of hydrogen-bond donors (Lipinski definition) is 2. The van der Waals surface area contributed by atoms with E-state index in [0.717, 1.165) is 44.6 Å². The van der Waals surface area contributed by atoms with Crippen molar-refractivity contribution in [3.63, 3.8) is 0 Å². The van der Waals surface area contributed by atoms with Gasteiger partial charge in [-0.05, 0) is 32.7 Å². The van der Waals surface area contributed by atoms with Crippen molar-refractivity contribution in [2.75, 3.05) is 11.9 Å². The third-order valence-corrected chi connectivity index (χ3v) is 3.69. The second kappa shape index (κ2) is 8.27. The predicted octanol–water partition coefficient (Wildman–Crippen LogP) is 2.43. The van der Waals surface area contributed by atoms with Crippen LogP contribution in [0.4, 0.5) is 5.82 Å². The van der Waals surface area contributed by atoms with E-state index in [1.54, 1.807) is 6.20 Å².